The van der Waals surface area contributed by atoms with Crippen molar-refractivity contribution in [3.8, 4) is 5.75 Å². The molecule has 4 aromatic rings. The van der Waals surface area contributed by atoms with Crippen molar-refractivity contribution in [2.24, 2.45) is 0 Å². The van der Waals surface area contributed by atoms with E-state index in [1.165, 1.54) is 24.3 Å². The van der Waals surface area contributed by atoms with Crippen LogP contribution in [0.25, 0.3) is 10.2 Å². The first-order chi connectivity index (χ1) is 18.8. The highest BCUT2D eigenvalue weighted by atomic mass is 32.2. The van der Waals surface area contributed by atoms with Gasteiger partial charge in [-0.05, 0) is 66.7 Å². The number of hydrogen-bond acceptors (Lipinski definition) is 8. The van der Waals surface area contributed by atoms with Crippen LogP contribution in [0.1, 0.15) is 10.4 Å². The molecule has 0 bridgehead atoms. The second-order valence-electron chi connectivity index (χ2n) is 9.05. The van der Waals surface area contributed by atoms with Crippen molar-refractivity contribution in [1.29, 1.82) is 0 Å². The summed E-state index contributed by atoms with van der Waals surface area (Å²) < 4.78 is 46.9. The third-order valence-electron chi connectivity index (χ3n) is 6.46. The Morgan fingerprint density at radius 1 is 1.03 bits per heavy atom. The first-order valence-corrected chi connectivity index (χ1v) is 14.7. The van der Waals surface area contributed by atoms with Crippen LogP contribution in [-0.2, 0) is 10.0 Å². The van der Waals surface area contributed by atoms with Gasteiger partial charge in [0.15, 0.2) is 5.13 Å². The molecule has 0 atom stereocenters. The summed E-state index contributed by atoms with van der Waals surface area (Å²) in [6, 6.07) is 16.6. The number of halogens is 1. The highest BCUT2D eigenvalue weighted by molar-refractivity contribution is 7.92. The number of aromatic nitrogens is 1. The van der Waals surface area contributed by atoms with E-state index in [4.69, 9.17) is 9.72 Å². The summed E-state index contributed by atoms with van der Waals surface area (Å²) in [5.41, 5.74) is 1.71. The molecule has 204 valence electrons. The van der Waals surface area contributed by atoms with E-state index in [-0.39, 0.29) is 10.8 Å². The van der Waals surface area contributed by atoms with E-state index in [9.17, 15) is 17.6 Å². The molecule has 0 radical (unpaired) electrons. The Morgan fingerprint density at radius 3 is 2.44 bits per heavy atom. The molecule has 12 heteroatoms. The maximum absolute atomic E-state index is 13.1. The number of nitrogens with zero attached hydrogens (tertiary/aromatic N) is 3. The van der Waals surface area contributed by atoms with Crippen molar-refractivity contribution in [3.63, 3.8) is 0 Å². The van der Waals surface area contributed by atoms with Gasteiger partial charge >= 0.3 is 0 Å². The third kappa shape index (κ3) is 6.47. The molecule has 3 aromatic carbocycles. The van der Waals surface area contributed by atoms with Crippen LogP contribution in [0.4, 0.5) is 15.2 Å². The van der Waals surface area contributed by atoms with Crippen molar-refractivity contribution in [1.82, 2.24) is 15.2 Å². The summed E-state index contributed by atoms with van der Waals surface area (Å²) in [5, 5.41) is 3.93. The lowest BCUT2D eigenvalue weighted by Gasteiger charge is -2.34. The largest absolute Gasteiger partial charge is 0.497 e. The summed E-state index contributed by atoms with van der Waals surface area (Å²) in [6.07, 6.45) is 0. The molecule has 1 aromatic heterocycles. The summed E-state index contributed by atoms with van der Waals surface area (Å²) >= 11 is 1.66. The van der Waals surface area contributed by atoms with Crippen molar-refractivity contribution < 1.29 is 22.3 Å². The summed E-state index contributed by atoms with van der Waals surface area (Å²) in [6.45, 7) is 4.70. The summed E-state index contributed by atoms with van der Waals surface area (Å²) in [7, 11) is -2.20. The zero-order valence-electron chi connectivity index (χ0n) is 21.3. The number of nitrogens with one attached hydrogen (secondary N) is 2. The van der Waals surface area contributed by atoms with E-state index in [1.807, 2.05) is 18.2 Å². The predicted molar refractivity (Wildman–Crippen MR) is 151 cm³/mol. The SMILES string of the molecule is COc1ccc2nc(N3CCN(CCNC(=O)c4ccc(NS(=O)(=O)c5ccc(F)cc5)cc4)CC3)sc2c1. The van der Waals surface area contributed by atoms with E-state index < -0.39 is 15.8 Å². The minimum absolute atomic E-state index is 0.0488. The molecule has 1 aliphatic rings. The van der Waals surface area contributed by atoms with E-state index in [0.29, 0.717) is 17.8 Å². The lowest BCUT2D eigenvalue weighted by molar-refractivity contribution is 0.0948. The van der Waals surface area contributed by atoms with E-state index in [0.717, 1.165) is 66.0 Å². The molecule has 0 aliphatic carbocycles. The molecule has 0 unspecified atom stereocenters. The maximum atomic E-state index is 13.1. The second kappa shape index (κ2) is 11.6. The smallest absolute Gasteiger partial charge is 0.261 e. The standard InChI is InChI=1S/C27H28FN5O4S2/c1-37-22-8-11-24-25(18-22)38-27(30-24)33-16-14-32(15-17-33)13-12-29-26(34)19-2-6-21(7-3-19)31-39(35,36)23-9-4-20(28)5-10-23/h2-11,18,31H,12-17H2,1H3,(H,29,34). The molecule has 0 spiro atoms. The molecule has 1 fully saturated rings. The number of methoxy groups -OCH3 is 1. The molecule has 2 heterocycles. The fourth-order valence-electron chi connectivity index (χ4n) is 4.26. The topological polar surface area (TPSA) is 104 Å². The zero-order chi connectivity index (χ0) is 27.4. The van der Waals surface area contributed by atoms with E-state index in [1.54, 1.807) is 30.6 Å². The Morgan fingerprint density at radius 2 is 1.74 bits per heavy atom. The number of piperazine rings is 1. The normalized spacial score (nSPS) is 14.4. The Kier molecular flexibility index (Phi) is 7.96. The van der Waals surface area contributed by atoms with Gasteiger partial charge in [0.25, 0.3) is 15.9 Å². The number of anilines is 2. The van der Waals surface area contributed by atoms with Gasteiger partial charge in [0, 0.05) is 50.5 Å². The summed E-state index contributed by atoms with van der Waals surface area (Å²) in [4.78, 5) is 21.9. The Bertz CT molecular complexity index is 1550. The predicted octanol–water partition coefficient (Wildman–Crippen LogP) is 3.80. The Labute approximate surface area is 230 Å². The Balaban J connectivity index is 1.07. The third-order valence-corrected chi connectivity index (χ3v) is 8.94. The molecule has 1 aliphatic heterocycles. The van der Waals surface area contributed by atoms with Crippen molar-refractivity contribution in [3.05, 3.63) is 78.1 Å². The van der Waals surface area contributed by atoms with Crippen molar-refractivity contribution >= 4 is 48.3 Å². The van der Waals surface area contributed by atoms with Crippen LogP contribution in [-0.4, -0.2) is 70.6 Å². The average molecular weight is 570 g/mol. The van der Waals surface area contributed by atoms with Gasteiger partial charge in [-0.1, -0.05) is 11.3 Å². The van der Waals surface area contributed by atoms with Crippen LogP contribution in [0.5, 0.6) is 5.75 Å². The number of carbonyl (C=O) groups is 1. The first-order valence-electron chi connectivity index (χ1n) is 12.4. The van der Waals surface area contributed by atoms with Gasteiger partial charge in [-0.2, -0.15) is 0 Å². The number of benzene rings is 3. The fraction of sp³-hybridized carbons (Fsp3) is 0.259. The van der Waals surface area contributed by atoms with Gasteiger partial charge in [-0.3, -0.25) is 14.4 Å². The highest BCUT2D eigenvalue weighted by Gasteiger charge is 2.20. The van der Waals surface area contributed by atoms with Gasteiger partial charge in [-0.25, -0.2) is 17.8 Å². The van der Waals surface area contributed by atoms with Gasteiger partial charge in [0.2, 0.25) is 0 Å². The maximum Gasteiger partial charge on any atom is 0.261 e. The molecule has 9 nitrogen and oxygen atoms in total. The van der Waals surface area contributed by atoms with Gasteiger partial charge in [0.1, 0.15) is 11.6 Å². The van der Waals surface area contributed by atoms with Crippen LogP contribution in [0, 0.1) is 5.82 Å². The number of fused-ring (bicyclic) bond motifs is 1. The number of ether oxygens (including phenoxy) is 1. The molecule has 1 amide bonds. The molecule has 5 rings (SSSR count). The minimum Gasteiger partial charge on any atom is -0.497 e. The van der Waals surface area contributed by atoms with Crippen molar-refractivity contribution in [2.75, 3.05) is 56.0 Å². The summed E-state index contributed by atoms with van der Waals surface area (Å²) in [5.74, 6) is 0.0798. The zero-order valence-corrected chi connectivity index (χ0v) is 22.9. The van der Waals surface area contributed by atoms with Crippen LogP contribution < -0.4 is 19.7 Å². The number of amides is 1. The number of rotatable bonds is 9. The molecular formula is C27H28FN5O4S2. The number of sulfonamides is 1. The Hall–Kier alpha value is -3.74. The number of hydrogen-bond donors (Lipinski definition) is 2. The molecule has 0 saturated carbocycles. The van der Waals surface area contributed by atoms with Gasteiger partial charge in [0.05, 0.1) is 22.2 Å². The van der Waals surface area contributed by atoms with Gasteiger partial charge in [-0.15, -0.1) is 0 Å². The minimum atomic E-state index is -3.86. The lowest BCUT2D eigenvalue weighted by atomic mass is 10.2. The number of carbonyl (C=O) groups excluding carboxylic acids is 1. The van der Waals surface area contributed by atoms with E-state index in [2.05, 4.69) is 19.8 Å². The van der Waals surface area contributed by atoms with E-state index >= 15 is 0 Å². The van der Waals surface area contributed by atoms with Crippen molar-refractivity contribution in [2.45, 2.75) is 4.90 Å². The monoisotopic (exact) mass is 569 g/mol. The molecule has 1 saturated heterocycles. The van der Waals surface area contributed by atoms with Crippen LogP contribution in [0.2, 0.25) is 0 Å². The van der Waals surface area contributed by atoms with Gasteiger partial charge < -0.3 is 15.0 Å². The van der Waals surface area contributed by atoms with Crippen LogP contribution >= 0.6 is 11.3 Å². The quantitative estimate of drug-likeness (QED) is 0.316. The lowest BCUT2D eigenvalue weighted by Crippen LogP contribution is -2.48. The molecular weight excluding hydrogens is 541 g/mol. The second-order valence-corrected chi connectivity index (χ2v) is 11.7. The highest BCUT2D eigenvalue weighted by Crippen LogP contribution is 2.31. The fourth-order valence-corrected chi connectivity index (χ4v) is 6.37. The van der Waals surface area contributed by atoms with Crippen LogP contribution in [0.15, 0.2) is 71.6 Å². The molecule has 2 N–H and O–H groups in total. The number of thiazole rings is 1. The van der Waals surface area contributed by atoms with Crippen LogP contribution in [0.3, 0.4) is 0 Å². The molecule has 39 heavy (non-hydrogen) atoms. The first kappa shape index (κ1) is 26.9. The average Bonchev–Trinajstić information content (AvgIpc) is 3.37.